The van der Waals surface area contributed by atoms with Crippen LogP contribution in [0, 0.1) is 0 Å². The van der Waals surface area contributed by atoms with Crippen molar-refractivity contribution in [2.24, 2.45) is 5.10 Å². The van der Waals surface area contributed by atoms with E-state index < -0.39 is 0 Å². The molecular weight excluding hydrogens is 304 g/mol. The van der Waals surface area contributed by atoms with Crippen LogP contribution >= 0.6 is 0 Å². The van der Waals surface area contributed by atoms with Crippen LogP contribution in [-0.4, -0.2) is 25.8 Å². The van der Waals surface area contributed by atoms with Gasteiger partial charge in [0.15, 0.2) is 6.61 Å². The number of carbonyl (C=O) groups is 1. The molecule has 0 heterocycles. The summed E-state index contributed by atoms with van der Waals surface area (Å²) in [4.78, 5) is 11.8. The highest BCUT2D eigenvalue weighted by atomic mass is 16.5. The number of ether oxygens (including phenoxy) is 2. The number of rotatable bonds is 8. The molecule has 0 saturated carbocycles. The third kappa shape index (κ3) is 5.28. The van der Waals surface area contributed by atoms with Gasteiger partial charge in [-0.25, -0.2) is 5.43 Å². The maximum Gasteiger partial charge on any atom is 0.277 e. The van der Waals surface area contributed by atoms with Crippen molar-refractivity contribution in [2.45, 2.75) is 6.42 Å². The van der Waals surface area contributed by atoms with Gasteiger partial charge < -0.3 is 9.47 Å². The van der Waals surface area contributed by atoms with Crippen molar-refractivity contribution < 1.29 is 14.3 Å². The standard InChI is InChI=1S/C19H20N2O3/c1-3-7-16-9-4-5-11-18(16)24-14-19(22)21-20-13-15-8-6-10-17(12-15)23-2/h3-6,8-13H,1,7,14H2,2H3,(H,21,22)/b20-13+. The predicted molar refractivity (Wildman–Crippen MR) is 94.6 cm³/mol. The number of hydrogen-bond donors (Lipinski definition) is 1. The Hall–Kier alpha value is -3.08. The molecule has 1 N–H and O–H groups in total. The fraction of sp³-hybridized carbons (Fsp3) is 0.158. The van der Waals surface area contributed by atoms with Crippen molar-refractivity contribution in [1.29, 1.82) is 0 Å². The Morgan fingerprint density at radius 1 is 1.25 bits per heavy atom. The summed E-state index contributed by atoms with van der Waals surface area (Å²) >= 11 is 0. The first kappa shape index (κ1) is 17.3. The highest BCUT2D eigenvalue weighted by Gasteiger charge is 2.05. The quantitative estimate of drug-likeness (QED) is 0.461. The van der Waals surface area contributed by atoms with Crippen LogP contribution in [0.25, 0.3) is 0 Å². The molecule has 0 bridgehead atoms. The van der Waals surface area contributed by atoms with E-state index in [2.05, 4.69) is 17.1 Å². The van der Waals surface area contributed by atoms with Gasteiger partial charge in [0, 0.05) is 0 Å². The van der Waals surface area contributed by atoms with Crippen LogP contribution in [0.15, 0.2) is 66.3 Å². The average molecular weight is 324 g/mol. The number of methoxy groups -OCH3 is 1. The van der Waals surface area contributed by atoms with Gasteiger partial charge in [-0.3, -0.25) is 4.79 Å². The van der Waals surface area contributed by atoms with Crippen molar-refractivity contribution in [1.82, 2.24) is 5.43 Å². The molecule has 24 heavy (non-hydrogen) atoms. The zero-order chi connectivity index (χ0) is 17.2. The molecule has 0 aliphatic rings. The molecule has 0 atom stereocenters. The Kier molecular flexibility index (Phi) is 6.58. The molecule has 0 fully saturated rings. The maximum absolute atomic E-state index is 11.8. The topological polar surface area (TPSA) is 59.9 Å². The van der Waals surface area contributed by atoms with Gasteiger partial charge in [-0.05, 0) is 35.7 Å². The number of hydrogen-bond acceptors (Lipinski definition) is 4. The highest BCUT2D eigenvalue weighted by Crippen LogP contribution is 2.18. The minimum atomic E-state index is -0.331. The molecule has 0 unspecified atom stereocenters. The van der Waals surface area contributed by atoms with Gasteiger partial charge in [-0.15, -0.1) is 6.58 Å². The summed E-state index contributed by atoms with van der Waals surface area (Å²) in [5.74, 6) is 1.07. The lowest BCUT2D eigenvalue weighted by atomic mass is 10.1. The van der Waals surface area contributed by atoms with Crippen LogP contribution in [-0.2, 0) is 11.2 Å². The summed E-state index contributed by atoms with van der Waals surface area (Å²) in [5.41, 5.74) is 4.25. The molecule has 0 aliphatic carbocycles. The predicted octanol–water partition coefficient (Wildman–Crippen LogP) is 2.95. The summed E-state index contributed by atoms with van der Waals surface area (Å²) < 4.78 is 10.7. The average Bonchev–Trinajstić information content (AvgIpc) is 2.61. The zero-order valence-electron chi connectivity index (χ0n) is 13.6. The molecule has 5 heteroatoms. The molecule has 2 aromatic carbocycles. The minimum Gasteiger partial charge on any atom is -0.497 e. The fourth-order valence-electron chi connectivity index (χ4n) is 2.04. The monoisotopic (exact) mass is 324 g/mol. The lowest BCUT2D eigenvalue weighted by Crippen LogP contribution is -2.24. The SMILES string of the molecule is C=CCc1ccccc1OCC(=O)N/N=C/c1cccc(OC)c1. The van der Waals surface area contributed by atoms with Gasteiger partial charge in [-0.1, -0.05) is 36.4 Å². The largest absolute Gasteiger partial charge is 0.497 e. The molecular formula is C19H20N2O3. The summed E-state index contributed by atoms with van der Waals surface area (Å²) in [5, 5.41) is 3.91. The Bertz CT molecular complexity index is 726. The smallest absolute Gasteiger partial charge is 0.277 e. The van der Waals surface area contributed by atoms with Gasteiger partial charge in [0.25, 0.3) is 5.91 Å². The second-order valence-electron chi connectivity index (χ2n) is 4.96. The van der Waals surface area contributed by atoms with E-state index in [1.165, 1.54) is 0 Å². The van der Waals surface area contributed by atoms with E-state index in [4.69, 9.17) is 9.47 Å². The molecule has 0 aromatic heterocycles. The summed E-state index contributed by atoms with van der Waals surface area (Å²) in [7, 11) is 1.60. The number of carbonyl (C=O) groups excluding carboxylic acids is 1. The van der Waals surface area contributed by atoms with E-state index >= 15 is 0 Å². The van der Waals surface area contributed by atoms with E-state index in [9.17, 15) is 4.79 Å². The summed E-state index contributed by atoms with van der Waals surface area (Å²) in [6.45, 7) is 3.60. The van der Waals surface area contributed by atoms with E-state index in [0.717, 1.165) is 16.9 Å². The van der Waals surface area contributed by atoms with Gasteiger partial charge in [-0.2, -0.15) is 5.10 Å². The molecule has 0 saturated heterocycles. The third-order valence-corrected chi connectivity index (χ3v) is 3.19. The lowest BCUT2D eigenvalue weighted by molar-refractivity contribution is -0.123. The van der Waals surface area contributed by atoms with Gasteiger partial charge >= 0.3 is 0 Å². The molecule has 2 rings (SSSR count). The normalized spacial score (nSPS) is 10.4. The van der Waals surface area contributed by atoms with E-state index in [1.54, 1.807) is 19.4 Å². The fourth-order valence-corrected chi connectivity index (χ4v) is 2.04. The second kappa shape index (κ2) is 9.15. The van der Waals surface area contributed by atoms with E-state index in [1.807, 2.05) is 48.5 Å². The Balaban J connectivity index is 1.85. The first-order valence-electron chi connectivity index (χ1n) is 7.50. The highest BCUT2D eigenvalue weighted by molar-refractivity contribution is 5.83. The van der Waals surface area contributed by atoms with Crippen molar-refractivity contribution >= 4 is 12.1 Å². The number of nitrogens with one attached hydrogen (secondary N) is 1. The number of hydrazone groups is 1. The number of nitrogens with zero attached hydrogens (tertiary/aromatic N) is 1. The lowest BCUT2D eigenvalue weighted by Gasteiger charge is -2.09. The Morgan fingerprint density at radius 2 is 2.08 bits per heavy atom. The Labute approximate surface area is 141 Å². The second-order valence-corrected chi connectivity index (χ2v) is 4.96. The third-order valence-electron chi connectivity index (χ3n) is 3.19. The van der Waals surface area contributed by atoms with E-state index in [-0.39, 0.29) is 12.5 Å². The van der Waals surface area contributed by atoms with Crippen LogP contribution < -0.4 is 14.9 Å². The molecule has 0 spiro atoms. The minimum absolute atomic E-state index is 0.108. The van der Waals surface area contributed by atoms with Crippen LogP contribution in [0.2, 0.25) is 0 Å². The number of benzene rings is 2. The zero-order valence-corrected chi connectivity index (χ0v) is 13.6. The van der Waals surface area contributed by atoms with Crippen LogP contribution in [0.4, 0.5) is 0 Å². The van der Waals surface area contributed by atoms with Gasteiger partial charge in [0.1, 0.15) is 11.5 Å². The maximum atomic E-state index is 11.8. The van der Waals surface area contributed by atoms with E-state index in [0.29, 0.717) is 12.2 Å². The number of allylic oxidation sites excluding steroid dienone is 1. The first-order chi connectivity index (χ1) is 11.7. The van der Waals surface area contributed by atoms with Crippen molar-refractivity contribution in [2.75, 3.05) is 13.7 Å². The van der Waals surface area contributed by atoms with Crippen LogP contribution in [0.5, 0.6) is 11.5 Å². The molecule has 0 aliphatic heterocycles. The van der Waals surface area contributed by atoms with Crippen LogP contribution in [0.1, 0.15) is 11.1 Å². The molecule has 0 radical (unpaired) electrons. The van der Waals surface area contributed by atoms with Crippen molar-refractivity contribution in [3.05, 3.63) is 72.3 Å². The summed E-state index contributed by atoms with van der Waals surface area (Å²) in [6, 6.07) is 14.9. The van der Waals surface area contributed by atoms with Crippen molar-refractivity contribution in [3.63, 3.8) is 0 Å². The molecule has 124 valence electrons. The number of para-hydroxylation sites is 1. The molecule has 5 nitrogen and oxygen atoms in total. The molecule has 2 aromatic rings. The van der Waals surface area contributed by atoms with Gasteiger partial charge in [0.2, 0.25) is 0 Å². The summed E-state index contributed by atoms with van der Waals surface area (Å²) in [6.07, 6.45) is 4.03. The number of amides is 1. The van der Waals surface area contributed by atoms with Gasteiger partial charge in [0.05, 0.1) is 13.3 Å². The van der Waals surface area contributed by atoms with Crippen molar-refractivity contribution in [3.8, 4) is 11.5 Å². The first-order valence-corrected chi connectivity index (χ1v) is 7.50. The molecule has 1 amide bonds. The Morgan fingerprint density at radius 3 is 2.88 bits per heavy atom. The van der Waals surface area contributed by atoms with Crippen LogP contribution in [0.3, 0.4) is 0 Å².